The predicted molar refractivity (Wildman–Crippen MR) is 78.2 cm³/mol. The summed E-state index contributed by atoms with van der Waals surface area (Å²) in [5.74, 6) is 0.600. The fourth-order valence-corrected chi connectivity index (χ4v) is 3.25. The molecule has 21 heavy (non-hydrogen) atoms. The highest BCUT2D eigenvalue weighted by Crippen LogP contribution is 2.29. The van der Waals surface area contributed by atoms with Gasteiger partial charge in [0.15, 0.2) is 5.82 Å². The first-order chi connectivity index (χ1) is 10.2. The third-order valence-electron chi connectivity index (χ3n) is 3.63. The minimum Gasteiger partial charge on any atom is -0.381 e. The average molecular weight is 302 g/mol. The molecule has 2 aromatic heterocycles. The van der Waals surface area contributed by atoms with E-state index in [-0.39, 0.29) is 17.0 Å². The van der Waals surface area contributed by atoms with E-state index in [2.05, 4.69) is 15.0 Å². The van der Waals surface area contributed by atoms with Gasteiger partial charge in [-0.3, -0.25) is 4.79 Å². The van der Waals surface area contributed by atoms with E-state index in [1.54, 1.807) is 5.51 Å². The number of nitrogens with one attached hydrogen (secondary N) is 1. The van der Waals surface area contributed by atoms with E-state index >= 15 is 0 Å². The zero-order valence-electron chi connectivity index (χ0n) is 11.5. The fourth-order valence-electron chi connectivity index (χ4n) is 2.50. The molecule has 1 N–H and O–H groups in total. The number of nitriles is 1. The number of aromatic amines is 1. The molecule has 0 bridgehead atoms. The molecule has 0 aromatic carbocycles. The summed E-state index contributed by atoms with van der Waals surface area (Å²) in [5, 5.41) is 9.25. The topological polar surface area (TPSA) is 91.7 Å². The van der Waals surface area contributed by atoms with Crippen LogP contribution in [-0.4, -0.2) is 28.2 Å². The molecule has 3 heterocycles. The van der Waals surface area contributed by atoms with Crippen LogP contribution in [0.25, 0.3) is 10.7 Å². The van der Waals surface area contributed by atoms with Crippen LogP contribution in [0.4, 0.5) is 0 Å². The van der Waals surface area contributed by atoms with Gasteiger partial charge < -0.3 is 9.72 Å². The predicted octanol–water partition coefficient (Wildman–Crippen LogP) is 1.97. The van der Waals surface area contributed by atoms with Crippen LogP contribution in [0.3, 0.4) is 0 Å². The van der Waals surface area contributed by atoms with Crippen LogP contribution in [0.1, 0.15) is 35.7 Å². The van der Waals surface area contributed by atoms with Crippen molar-refractivity contribution in [1.29, 1.82) is 5.26 Å². The summed E-state index contributed by atoms with van der Waals surface area (Å²) in [6.45, 7) is 3.15. The summed E-state index contributed by atoms with van der Waals surface area (Å²) >= 11 is 1.43. The summed E-state index contributed by atoms with van der Waals surface area (Å²) < 4.78 is 5.34. The van der Waals surface area contributed by atoms with Crippen LogP contribution in [-0.2, 0) is 4.74 Å². The lowest BCUT2D eigenvalue weighted by Crippen LogP contribution is -2.22. The second kappa shape index (κ2) is 5.76. The first-order valence-electron chi connectivity index (χ1n) is 6.73. The molecule has 108 valence electrons. The molecule has 0 aliphatic carbocycles. The van der Waals surface area contributed by atoms with Crippen molar-refractivity contribution in [2.24, 2.45) is 0 Å². The van der Waals surface area contributed by atoms with Crippen molar-refractivity contribution in [3.05, 3.63) is 32.8 Å². The van der Waals surface area contributed by atoms with Crippen molar-refractivity contribution in [2.45, 2.75) is 25.7 Å². The summed E-state index contributed by atoms with van der Waals surface area (Å²) in [6.07, 6.45) is 1.57. The number of H-pyrrole nitrogens is 1. The van der Waals surface area contributed by atoms with E-state index < -0.39 is 0 Å². The van der Waals surface area contributed by atoms with Crippen molar-refractivity contribution in [2.75, 3.05) is 13.2 Å². The van der Waals surface area contributed by atoms with Crippen LogP contribution < -0.4 is 5.56 Å². The molecule has 0 radical (unpaired) electrons. The molecule has 7 heteroatoms. The summed E-state index contributed by atoms with van der Waals surface area (Å²) in [7, 11) is 0. The maximum atomic E-state index is 12.2. The van der Waals surface area contributed by atoms with E-state index in [4.69, 9.17) is 4.74 Å². The van der Waals surface area contributed by atoms with Gasteiger partial charge in [-0.15, -0.1) is 11.3 Å². The van der Waals surface area contributed by atoms with Crippen LogP contribution in [0, 0.1) is 18.3 Å². The Morgan fingerprint density at radius 3 is 2.86 bits per heavy atom. The van der Waals surface area contributed by atoms with Gasteiger partial charge in [0.2, 0.25) is 0 Å². The molecule has 3 rings (SSSR count). The normalized spacial score (nSPS) is 15.8. The first-order valence-corrected chi connectivity index (χ1v) is 7.61. The maximum Gasteiger partial charge on any atom is 0.269 e. The van der Waals surface area contributed by atoms with Crippen molar-refractivity contribution < 1.29 is 4.74 Å². The summed E-state index contributed by atoms with van der Waals surface area (Å²) in [5.41, 5.74) is 2.87. The Hall–Kier alpha value is -2.04. The first kappa shape index (κ1) is 13.9. The van der Waals surface area contributed by atoms with Gasteiger partial charge in [0.25, 0.3) is 5.56 Å². The Labute approximate surface area is 125 Å². The highest BCUT2D eigenvalue weighted by atomic mass is 32.1. The number of hydrogen-bond acceptors (Lipinski definition) is 6. The van der Waals surface area contributed by atoms with Gasteiger partial charge in [-0.1, -0.05) is 0 Å². The van der Waals surface area contributed by atoms with Crippen molar-refractivity contribution in [1.82, 2.24) is 15.0 Å². The molecule has 1 saturated heterocycles. The van der Waals surface area contributed by atoms with Gasteiger partial charge >= 0.3 is 0 Å². The zero-order valence-corrected chi connectivity index (χ0v) is 12.4. The Bertz CT molecular complexity index is 753. The van der Waals surface area contributed by atoms with Gasteiger partial charge in [0.05, 0.1) is 21.8 Å². The molecule has 0 spiro atoms. The molecular formula is C14H14N4O2S. The van der Waals surface area contributed by atoms with Crippen molar-refractivity contribution in [3.8, 4) is 16.8 Å². The Kier molecular flexibility index (Phi) is 3.82. The highest BCUT2D eigenvalue weighted by Gasteiger charge is 2.24. The molecule has 1 aliphatic heterocycles. The van der Waals surface area contributed by atoms with Crippen LogP contribution in [0.5, 0.6) is 0 Å². The number of aryl methyl sites for hydroxylation is 1. The van der Waals surface area contributed by atoms with Gasteiger partial charge in [0.1, 0.15) is 11.6 Å². The standard InChI is InChI=1S/C14H14N4O2S/c1-8-12(21-7-16-8)13-17-11(9-2-4-20-5-3-9)10(6-15)14(19)18-13/h7,9H,2-5H2,1H3,(H,17,18,19). The van der Waals surface area contributed by atoms with Crippen molar-refractivity contribution in [3.63, 3.8) is 0 Å². The maximum absolute atomic E-state index is 12.2. The summed E-state index contributed by atoms with van der Waals surface area (Å²) in [6, 6.07) is 1.99. The Morgan fingerprint density at radius 1 is 1.48 bits per heavy atom. The SMILES string of the molecule is Cc1ncsc1-c1nc(C2CCOCC2)c(C#N)c(=O)[nH]1. The monoisotopic (exact) mass is 302 g/mol. The number of aromatic nitrogens is 3. The second-order valence-electron chi connectivity index (χ2n) is 4.94. The Balaban J connectivity index is 2.13. The minimum atomic E-state index is -0.378. The van der Waals surface area contributed by atoms with E-state index in [0.29, 0.717) is 24.7 Å². The third kappa shape index (κ3) is 2.60. The molecule has 0 amide bonds. The molecule has 6 nitrogen and oxygen atoms in total. The fraction of sp³-hybridized carbons (Fsp3) is 0.429. The van der Waals surface area contributed by atoms with Gasteiger partial charge in [-0.2, -0.15) is 5.26 Å². The Morgan fingerprint density at radius 2 is 2.24 bits per heavy atom. The van der Waals surface area contributed by atoms with Gasteiger partial charge in [-0.05, 0) is 19.8 Å². The number of thiazole rings is 1. The number of rotatable bonds is 2. The lowest BCUT2D eigenvalue weighted by molar-refractivity contribution is 0.0844. The lowest BCUT2D eigenvalue weighted by atomic mass is 9.93. The molecule has 0 atom stereocenters. The molecule has 0 saturated carbocycles. The van der Waals surface area contributed by atoms with Gasteiger partial charge in [0, 0.05) is 19.1 Å². The van der Waals surface area contributed by atoms with Crippen LogP contribution in [0.15, 0.2) is 10.3 Å². The van der Waals surface area contributed by atoms with E-state index in [1.165, 1.54) is 11.3 Å². The quantitative estimate of drug-likeness (QED) is 0.915. The van der Waals surface area contributed by atoms with Crippen LogP contribution >= 0.6 is 11.3 Å². The highest BCUT2D eigenvalue weighted by molar-refractivity contribution is 7.13. The van der Waals surface area contributed by atoms with E-state index in [1.807, 2.05) is 13.0 Å². The summed E-state index contributed by atoms with van der Waals surface area (Å²) in [4.78, 5) is 24.5. The molecular weight excluding hydrogens is 288 g/mol. The van der Waals surface area contributed by atoms with Gasteiger partial charge in [-0.25, -0.2) is 9.97 Å². The number of ether oxygens (including phenoxy) is 1. The number of hydrogen-bond donors (Lipinski definition) is 1. The van der Waals surface area contributed by atoms with E-state index in [9.17, 15) is 10.1 Å². The van der Waals surface area contributed by atoms with E-state index in [0.717, 1.165) is 23.4 Å². The molecule has 1 fully saturated rings. The third-order valence-corrected chi connectivity index (χ3v) is 4.56. The number of nitrogens with zero attached hydrogens (tertiary/aromatic N) is 3. The minimum absolute atomic E-state index is 0.0997. The van der Waals surface area contributed by atoms with Crippen molar-refractivity contribution >= 4 is 11.3 Å². The molecule has 1 aliphatic rings. The smallest absolute Gasteiger partial charge is 0.269 e. The average Bonchev–Trinajstić information content (AvgIpc) is 2.93. The molecule has 0 unspecified atom stereocenters. The second-order valence-corrected chi connectivity index (χ2v) is 5.79. The lowest BCUT2D eigenvalue weighted by Gasteiger charge is -2.22. The van der Waals surface area contributed by atoms with Crippen LogP contribution in [0.2, 0.25) is 0 Å². The zero-order chi connectivity index (χ0) is 14.8. The largest absolute Gasteiger partial charge is 0.381 e. The molecule has 2 aromatic rings.